The van der Waals surface area contributed by atoms with E-state index in [1.165, 1.54) is 4.31 Å². The number of nitrogens with one attached hydrogen (secondary N) is 2. The van der Waals surface area contributed by atoms with Gasteiger partial charge in [-0.15, -0.1) is 0 Å². The lowest BCUT2D eigenvalue weighted by Crippen LogP contribution is -2.31. The van der Waals surface area contributed by atoms with E-state index in [0.29, 0.717) is 23.1 Å². The Bertz CT molecular complexity index is 669. The Morgan fingerprint density at radius 2 is 1.79 bits per heavy atom. The highest BCUT2D eigenvalue weighted by atomic mass is 32.2. The van der Waals surface area contributed by atoms with Gasteiger partial charge in [-0.2, -0.15) is 4.31 Å². The van der Waals surface area contributed by atoms with Crippen LogP contribution in [0.25, 0.3) is 0 Å². The van der Waals surface area contributed by atoms with Crippen LogP contribution in [-0.4, -0.2) is 37.5 Å². The van der Waals surface area contributed by atoms with Crippen molar-refractivity contribution >= 4 is 33.0 Å². The second-order valence-electron chi connectivity index (χ2n) is 5.74. The van der Waals surface area contributed by atoms with Crippen LogP contribution in [-0.2, 0) is 10.0 Å². The van der Waals surface area contributed by atoms with Crippen LogP contribution in [0.5, 0.6) is 0 Å². The van der Waals surface area contributed by atoms with Crippen LogP contribution in [0.4, 0.5) is 5.69 Å². The topological polar surface area (TPSA) is 61.4 Å². The number of hydrogen-bond donors (Lipinski definition) is 2. The van der Waals surface area contributed by atoms with Gasteiger partial charge >= 0.3 is 0 Å². The van der Waals surface area contributed by atoms with Crippen LogP contribution in [0, 0.1) is 13.8 Å². The summed E-state index contributed by atoms with van der Waals surface area (Å²) < 4.78 is 27.0. The van der Waals surface area contributed by atoms with Gasteiger partial charge in [0.1, 0.15) is 0 Å². The quantitative estimate of drug-likeness (QED) is 0.542. The molecule has 0 aromatic heterocycles. The number of thiocarbonyl (C=S) groups is 1. The van der Waals surface area contributed by atoms with E-state index in [2.05, 4.69) is 17.6 Å². The molecule has 0 aliphatic heterocycles. The molecule has 1 rings (SSSR count). The standard InChI is InChI=1S/C17H29N3O2S2/c1-6-9-10-18-17(23)19-16-12-15(11-13(4)14(16)5)24(21,22)20(7-2)8-3/h11-12H,6-10H2,1-5H3,(H2,18,19,23). The molecule has 0 heterocycles. The van der Waals surface area contributed by atoms with E-state index in [-0.39, 0.29) is 0 Å². The second kappa shape index (κ2) is 9.34. The van der Waals surface area contributed by atoms with Crippen LogP contribution >= 0.6 is 12.2 Å². The number of hydrogen-bond acceptors (Lipinski definition) is 3. The van der Waals surface area contributed by atoms with Gasteiger partial charge in [0.05, 0.1) is 4.90 Å². The number of aryl methyl sites for hydroxylation is 1. The molecule has 0 spiro atoms. The van der Waals surface area contributed by atoms with Gasteiger partial charge in [0.15, 0.2) is 5.11 Å². The Balaban J connectivity index is 3.12. The number of nitrogens with zero attached hydrogens (tertiary/aromatic N) is 1. The minimum Gasteiger partial charge on any atom is -0.362 e. The largest absolute Gasteiger partial charge is 0.362 e. The van der Waals surface area contributed by atoms with Gasteiger partial charge in [-0.05, 0) is 55.7 Å². The smallest absolute Gasteiger partial charge is 0.243 e. The van der Waals surface area contributed by atoms with E-state index >= 15 is 0 Å². The number of benzene rings is 1. The third-order valence-electron chi connectivity index (χ3n) is 4.05. The fourth-order valence-corrected chi connectivity index (χ4v) is 4.15. The van der Waals surface area contributed by atoms with Crippen LogP contribution in [0.1, 0.15) is 44.7 Å². The molecule has 5 nitrogen and oxygen atoms in total. The average molecular weight is 372 g/mol. The van der Waals surface area contributed by atoms with Crippen molar-refractivity contribution < 1.29 is 8.42 Å². The summed E-state index contributed by atoms with van der Waals surface area (Å²) in [5.74, 6) is 0. The molecular formula is C17H29N3O2S2. The second-order valence-corrected chi connectivity index (χ2v) is 8.08. The van der Waals surface area contributed by atoms with Crippen molar-refractivity contribution in [1.29, 1.82) is 0 Å². The van der Waals surface area contributed by atoms with Crippen molar-refractivity contribution in [2.45, 2.75) is 52.4 Å². The summed E-state index contributed by atoms with van der Waals surface area (Å²) in [5, 5.41) is 6.79. The molecule has 2 N–H and O–H groups in total. The molecule has 0 bridgehead atoms. The summed E-state index contributed by atoms with van der Waals surface area (Å²) in [7, 11) is -3.49. The van der Waals surface area contributed by atoms with E-state index < -0.39 is 10.0 Å². The van der Waals surface area contributed by atoms with Crippen molar-refractivity contribution in [3.63, 3.8) is 0 Å². The average Bonchev–Trinajstić information content (AvgIpc) is 2.52. The molecule has 0 saturated heterocycles. The van der Waals surface area contributed by atoms with Gasteiger partial charge < -0.3 is 10.6 Å². The molecule has 0 aliphatic carbocycles. The first-order valence-electron chi connectivity index (χ1n) is 8.44. The number of anilines is 1. The molecular weight excluding hydrogens is 342 g/mol. The van der Waals surface area contributed by atoms with Crippen molar-refractivity contribution in [1.82, 2.24) is 9.62 Å². The summed E-state index contributed by atoms with van der Waals surface area (Å²) >= 11 is 5.30. The maximum absolute atomic E-state index is 12.8. The molecule has 0 unspecified atom stereocenters. The molecule has 136 valence electrons. The molecule has 1 aromatic rings. The third kappa shape index (κ3) is 5.16. The highest BCUT2D eigenvalue weighted by Crippen LogP contribution is 2.26. The van der Waals surface area contributed by atoms with Crippen molar-refractivity contribution in [2.24, 2.45) is 0 Å². The Morgan fingerprint density at radius 3 is 2.33 bits per heavy atom. The molecule has 0 fully saturated rings. The highest BCUT2D eigenvalue weighted by molar-refractivity contribution is 7.89. The van der Waals surface area contributed by atoms with Gasteiger partial charge in [0.2, 0.25) is 10.0 Å². The zero-order valence-electron chi connectivity index (χ0n) is 15.3. The minimum absolute atomic E-state index is 0.299. The number of unbranched alkanes of at least 4 members (excludes halogenated alkanes) is 1. The van der Waals surface area contributed by atoms with E-state index in [1.54, 1.807) is 12.1 Å². The fraction of sp³-hybridized carbons (Fsp3) is 0.588. The Kier molecular flexibility index (Phi) is 8.12. The lowest BCUT2D eigenvalue weighted by Gasteiger charge is -2.21. The van der Waals surface area contributed by atoms with Gasteiger partial charge in [-0.1, -0.05) is 27.2 Å². The van der Waals surface area contributed by atoms with E-state index in [9.17, 15) is 8.42 Å². The zero-order valence-corrected chi connectivity index (χ0v) is 16.9. The molecule has 1 aromatic carbocycles. The number of rotatable bonds is 8. The summed E-state index contributed by atoms with van der Waals surface area (Å²) in [4.78, 5) is 0.299. The van der Waals surface area contributed by atoms with Crippen LogP contribution in [0.15, 0.2) is 17.0 Å². The lowest BCUT2D eigenvalue weighted by atomic mass is 10.1. The maximum Gasteiger partial charge on any atom is 0.243 e. The summed E-state index contributed by atoms with van der Waals surface area (Å²) in [6.45, 7) is 11.4. The predicted molar refractivity (Wildman–Crippen MR) is 105 cm³/mol. The fourth-order valence-electron chi connectivity index (χ4n) is 2.36. The molecule has 0 saturated carbocycles. The Labute approximate surface area is 151 Å². The van der Waals surface area contributed by atoms with Gasteiger partial charge in [0, 0.05) is 25.3 Å². The first-order valence-corrected chi connectivity index (χ1v) is 10.3. The predicted octanol–water partition coefficient (Wildman–Crippen LogP) is 3.42. The summed E-state index contributed by atoms with van der Waals surface area (Å²) in [6, 6.07) is 3.39. The SMILES string of the molecule is CCCCNC(=S)Nc1cc(S(=O)(=O)N(CC)CC)cc(C)c1C. The van der Waals surface area contributed by atoms with E-state index in [0.717, 1.165) is 36.2 Å². The normalized spacial score (nSPS) is 11.6. The molecule has 0 radical (unpaired) electrons. The van der Waals surface area contributed by atoms with Gasteiger partial charge in [-0.3, -0.25) is 0 Å². The van der Waals surface area contributed by atoms with Crippen LogP contribution in [0.2, 0.25) is 0 Å². The molecule has 24 heavy (non-hydrogen) atoms. The molecule has 0 atom stereocenters. The molecule has 0 amide bonds. The summed E-state index contributed by atoms with van der Waals surface area (Å²) in [6.07, 6.45) is 2.13. The zero-order chi connectivity index (χ0) is 18.3. The molecule has 7 heteroatoms. The maximum atomic E-state index is 12.8. The number of sulfonamides is 1. The Morgan fingerprint density at radius 1 is 1.17 bits per heavy atom. The van der Waals surface area contributed by atoms with Crippen LogP contribution < -0.4 is 10.6 Å². The van der Waals surface area contributed by atoms with Crippen LogP contribution in [0.3, 0.4) is 0 Å². The monoisotopic (exact) mass is 371 g/mol. The van der Waals surface area contributed by atoms with Crippen molar-refractivity contribution in [3.05, 3.63) is 23.3 Å². The first-order chi connectivity index (χ1) is 11.3. The van der Waals surface area contributed by atoms with E-state index in [4.69, 9.17) is 12.2 Å². The lowest BCUT2D eigenvalue weighted by molar-refractivity contribution is 0.445. The minimum atomic E-state index is -3.49. The Hall–Kier alpha value is -1.18. The molecule has 0 aliphatic rings. The first kappa shape index (κ1) is 20.9. The van der Waals surface area contributed by atoms with E-state index in [1.807, 2.05) is 27.7 Å². The van der Waals surface area contributed by atoms with Crippen molar-refractivity contribution in [3.8, 4) is 0 Å². The summed E-state index contributed by atoms with van der Waals surface area (Å²) in [5.41, 5.74) is 2.64. The third-order valence-corrected chi connectivity index (χ3v) is 6.32. The van der Waals surface area contributed by atoms with Gasteiger partial charge in [-0.25, -0.2) is 8.42 Å². The van der Waals surface area contributed by atoms with Crippen molar-refractivity contribution in [2.75, 3.05) is 25.0 Å². The highest BCUT2D eigenvalue weighted by Gasteiger charge is 2.23. The van der Waals surface area contributed by atoms with Gasteiger partial charge in [0.25, 0.3) is 0 Å².